The highest BCUT2D eigenvalue weighted by Gasteiger charge is 2.28. The van der Waals surface area contributed by atoms with Gasteiger partial charge in [0.2, 0.25) is 0 Å². The molecule has 3 nitrogen and oxygen atoms in total. The molecule has 1 aromatic carbocycles. The summed E-state index contributed by atoms with van der Waals surface area (Å²) in [6.07, 6.45) is 6.17. The molecule has 0 atom stereocenters. The highest BCUT2D eigenvalue weighted by atomic mass is 16.2. The van der Waals surface area contributed by atoms with E-state index in [1.807, 2.05) is 58.3 Å². The third-order valence-electron chi connectivity index (χ3n) is 4.42. The highest BCUT2D eigenvalue weighted by Crippen LogP contribution is 2.30. The molecule has 2 heterocycles. The van der Waals surface area contributed by atoms with E-state index in [0.29, 0.717) is 5.41 Å². The molecule has 0 aliphatic carbocycles. The first-order valence-electron chi connectivity index (χ1n) is 7.58. The second-order valence-electron chi connectivity index (χ2n) is 6.59. The summed E-state index contributed by atoms with van der Waals surface area (Å²) >= 11 is 0. The van der Waals surface area contributed by atoms with E-state index in [-0.39, 0.29) is 5.91 Å². The molecule has 0 bridgehead atoms. The van der Waals surface area contributed by atoms with E-state index < -0.39 is 0 Å². The monoisotopic (exact) mass is 282 g/mol. The van der Waals surface area contributed by atoms with Gasteiger partial charge in [0.05, 0.1) is 0 Å². The molecule has 1 aliphatic heterocycles. The van der Waals surface area contributed by atoms with Gasteiger partial charge in [-0.25, -0.2) is 0 Å². The van der Waals surface area contributed by atoms with Gasteiger partial charge in [-0.3, -0.25) is 4.79 Å². The third kappa shape index (κ3) is 3.02. The number of aromatic nitrogens is 1. The van der Waals surface area contributed by atoms with Crippen LogP contribution in [0.15, 0.2) is 48.8 Å². The van der Waals surface area contributed by atoms with Crippen molar-refractivity contribution in [3.05, 3.63) is 54.4 Å². The quantitative estimate of drug-likeness (QED) is 0.823. The molecule has 0 saturated carbocycles. The molecule has 3 heteroatoms. The molecule has 1 aliphatic rings. The van der Waals surface area contributed by atoms with Gasteiger partial charge in [0.1, 0.15) is 0 Å². The number of piperidine rings is 1. The number of likely N-dealkylation sites (tertiary alicyclic amines) is 1. The Morgan fingerprint density at radius 3 is 2.14 bits per heavy atom. The lowest BCUT2D eigenvalue weighted by molar-refractivity contribution is 0.0630. The molecule has 3 rings (SSSR count). The largest absolute Gasteiger partial charge is 0.339 e. The van der Waals surface area contributed by atoms with E-state index in [0.717, 1.165) is 37.2 Å². The molecular formula is C18H22N2O. The van der Waals surface area contributed by atoms with Crippen LogP contribution in [0.5, 0.6) is 0 Å². The van der Waals surface area contributed by atoms with Crippen LogP contribution in [0.3, 0.4) is 0 Å². The summed E-state index contributed by atoms with van der Waals surface area (Å²) < 4.78 is 2.04. The van der Waals surface area contributed by atoms with Crippen LogP contribution >= 0.6 is 0 Å². The van der Waals surface area contributed by atoms with Gasteiger partial charge in [0, 0.05) is 36.7 Å². The van der Waals surface area contributed by atoms with Crippen molar-refractivity contribution in [3.63, 3.8) is 0 Å². The first-order chi connectivity index (χ1) is 10.1. The Hall–Kier alpha value is -2.03. The van der Waals surface area contributed by atoms with Crippen LogP contribution in [-0.4, -0.2) is 28.5 Å². The summed E-state index contributed by atoms with van der Waals surface area (Å²) in [7, 11) is 0. The summed E-state index contributed by atoms with van der Waals surface area (Å²) in [5.41, 5.74) is 2.23. The summed E-state index contributed by atoms with van der Waals surface area (Å²) in [5, 5.41) is 0. The zero-order valence-electron chi connectivity index (χ0n) is 12.7. The van der Waals surface area contributed by atoms with E-state index in [1.54, 1.807) is 0 Å². The number of carbonyl (C=O) groups excluding carboxylic acids is 1. The van der Waals surface area contributed by atoms with Gasteiger partial charge in [-0.2, -0.15) is 0 Å². The fourth-order valence-electron chi connectivity index (χ4n) is 2.78. The van der Waals surface area contributed by atoms with Crippen LogP contribution in [0.2, 0.25) is 0 Å². The van der Waals surface area contributed by atoms with Gasteiger partial charge in [-0.15, -0.1) is 0 Å². The van der Waals surface area contributed by atoms with Gasteiger partial charge in [0.15, 0.2) is 0 Å². The second-order valence-corrected chi connectivity index (χ2v) is 6.59. The Morgan fingerprint density at radius 1 is 1.00 bits per heavy atom. The first-order valence-corrected chi connectivity index (χ1v) is 7.58. The molecule has 0 unspecified atom stereocenters. The van der Waals surface area contributed by atoms with Gasteiger partial charge in [-0.05, 0) is 54.7 Å². The predicted octanol–water partition coefficient (Wildman–Crippen LogP) is 3.74. The molecule has 0 radical (unpaired) electrons. The van der Waals surface area contributed by atoms with Gasteiger partial charge in [0.25, 0.3) is 5.91 Å². The lowest BCUT2D eigenvalue weighted by Crippen LogP contribution is -2.41. The van der Waals surface area contributed by atoms with Crippen LogP contribution in [0.1, 0.15) is 37.0 Å². The predicted molar refractivity (Wildman–Crippen MR) is 84.7 cm³/mol. The van der Waals surface area contributed by atoms with E-state index in [2.05, 4.69) is 13.8 Å². The normalized spacial score (nSPS) is 17.7. The number of benzene rings is 1. The van der Waals surface area contributed by atoms with Gasteiger partial charge < -0.3 is 9.47 Å². The van der Waals surface area contributed by atoms with Gasteiger partial charge >= 0.3 is 0 Å². The lowest BCUT2D eigenvalue weighted by Gasteiger charge is -2.37. The Labute approximate surface area is 126 Å². The summed E-state index contributed by atoms with van der Waals surface area (Å²) in [6.45, 7) is 6.29. The van der Waals surface area contributed by atoms with Crippen LogP contribution in [0, 0.1) is 5.41 Å². The lowest BCUT2D eigenvalue weighted by atomic mass is 9.82. The Morgan fingerprint density at radius 2 is 1.57 bits per heavy atom. The number of amides is 1. The third-order valence-corrected chi connectivity index (χ3v) is 4.42. The Bertz CT molecular complexity index is 601. The molecular weight excluding hydrogens is 260 g/mol. The van der Waals surface area contributed by atoms with Gasteiger partial charge in [-0.1, -0.05) is 13.8 Å². The molecule has 1 amide bonds. The first kappa shape index (κ1) is 13.9. The summed E-state index contributed by atoms with van der Waals surface area (Å²) in [6, 6.07) is 11.8. The Balaban J connectivity index is 1.71. The molecule has 1 aromatic heterocycles. The number of rotatable bonds is 2. The number of hydrogen-bond acceptors (Lipinski definition) is 1. The van der Waals surface area contributed by atoms with Crippen LogP contribution in [-0.2, 0) is 0 Å². The smallest absolute Gasteiger partial charge is 0.253 e. The highest BCUT2D eigenvalue weighted by molar-refractivity contribution is 5.94. The maximum atomic E-state index is 12.5. The minimum absolute atomic E-state index is 0.157. The standard InChI is InChI=1S/C18H22N2O/c1-18(2)9-13-20(14-10-18)17(21)15-5-7-16(8-6-15)19-11-3-4-12-19/h3-8,11-12H,9-10,13-14H2,1-2H3. The van der Waals surface area contributed by atoms with Crippen LogP contribution in [0.4, 0.5) is 0 Å². The molecule has 0 N–H and O–H groups in total. The maximum Gasteiger partial charge on any atom is 0.253 e. The molecule has 0 spiro atoms. The zero-order valence-corrected chi connectivity index (χ0v) is 12.7. The number of nitrogens with zero attached hydrogens (tertiary/aromatic N) is 2. The fourth-order valence-corrected chi connectivity index (χ4v) is 2.78. The molecule has 21 heavy (non-hydrogen) atoms. The Kier molecular flexibility index (Phi) is 3.58. The van der Waals surface area contributed by atoms with Crippen molar-refractivity contribution in [1.29, 1.82) is 0 Å². The molecule has 2 aromatic rings. The fraction of sp³-hybridized carbons (Fsp3) is 0.389. The average molecular weight is 282 g/mol. The zero-order chi connectivity index (χ0) is 14.9. The van der Waals surface area contributed by atoms with Crippen LogP contribution < -0.4 is 0 Å². The topological polar surface area (TPSA) is 25.2 Å². The number of hydrogen-bond donors (Lipinski definition) is 0. The molecule has 1 saturated heterocycles. The van der Waals surface area contributed by atoms with Crippen molar-refractivity contribution in [2.45, 2.75) is 26.7 Å². The average Bonchev–Trinajstić information content (AvgIpc) is 3.01. The van der Waals surface area contributed by atoms with E-state index in [1.165, 1.54) is 0 Å². The molecule has 110 valence electrons. The van der Waals surface area contributed by atoms with E-state index in [9.17, 15) is 4.79 Å². The van der Waals surface area contributed by atoms with Crippen molar-refractivity contribution < 1.29 is 4.79 Å². The van der Waals surface area contributed by atoms with Crippen molar-refractivity contribution in [3.8, 4) is 5.69 Å². The number of carbonyl (C=O) groups is 1. The molecule has 1 fully saturated rings. The van der Waals surface area contributed by atoms with E-state index >= 15 is 0 Å². The SMILES string of the molecule is CC1(C)CCN(C(=O)c2ccc(-n3cccc3)cc2)CC1. The summed E-state index contributed by atoms with van der Waals surface area (Å²) in [5.74, 6) is 0.157. The van der Waals surface area contributed by atoms with Crippen molar-refractivity contribution in [1.82, 2.24) is 9.47 Å². The van der Waals surface area contributed by atoms with Crippen LogP contribution in [0.25, 0.3) is 5.69 Å². The van der Waals surface area contributed by atoms with Crippen molar-refractivity contribution in [2.24, 2.45) is 5.41 Å². The summed E-state index contributed by atoms with van der Waals surface area (Å²) in [4.78, 5) is 14.5. The maximum absolute atomic E-state index is 12.5. The second kappa shape index (κ2) is 5.40. The van der Waals surface area contributed by atoms with E-state index in [4.69, 9.17) is 0 Å². The van der Waals surface area contributed by atoms with Crippen molar-refractivity contribution >= 4 is 5.91 Å². The minimum atomic E-state index is 0.157. The minimum Gasteiger partial charge on any atom is -0.339 e. The van der Waals surface area contributed by atoms with Crippen molar-refractivity contribution in [2.75, 3.05) is 13.1 Å².